The predicted octanol–water partition coefficient (Wildman–Crippen LogP) is 6.33. The quantitative estimate of drug-likeness (QED) is 0.474. The van der Waals surface area contributed by atoms with E-state index in [0.717, 1.165) is 24.3 Å². The highest BCUT2D eigenvalue weighted by molar-refractivity contribution is 5.90. The maximum Gasteiger partial charge on any atom is 0.322 e. The second-order valence-electron chi connectivity index (χ2n) is 8.44. The van der Waals surface area contributed by atoms with Gasteiger partial charge < -0.3 is 19.5 Å². The number of hydrogen-bond donors (Lipinski definition) is 1. The number of nitrogens with one attached hydrogen (secondary N) is 1. The van der Waals surface area contributed by atoms with E-state index in [-0.39, 0.29) is 12.1 Å². The summed E-state index contributed by atoms with van der Waals surface area (Å²) in [5, 5.41) is 4.35. The number of ether oxygens (including phenoxy) is 1. The van der Waals surface area contributed by atoms with Gasteiger partial charge in [0.05, 0.1) is 6.61 Å². The largest absolute Gasteiger partial charge is 0.494 e. The second-order valence-corrected chi connectivity index (χ2v) is 8.44. The molecule has 1 N–H and O–H groups in total. The van der Waals surface area contributed by atoms with Crippen LogP contribution in [0.25, 0.3) is 10.9 Å². The second kappa shape index (κ2) is 9.90. The summed E-state index contributed by atoms with van der Waals surface area (Å²) in [4.78, 5) is 15.5. The first kappa shape index (κ1) is 21.3. The summed E-state index contributed by atoms with van der Waals surface area (Å²) >= 11 is 0. The first-order valence-corrected chi connectivity index (χ1v) is 11.5. The molecule has 1 heterocycles. The number of aromatic nitrogens is 1. The lowest BCUT2D eigenvalue weighted by atomic mass is 10.1. The van der Waals surface area contributed by atoms with E-state index >= 15 is 0 Å². The molecule has 5 nitrogen and oxygen atoms in total. The highest BCUT2D eigenvalue weighted by Crippen LogP contribution is 2.28. The summed E-state index contributed by atoms with van der Waals surface area (Å²) in [5.41, 5.74) is 3.19. The third-order valence-electron chi connectivity index (χ3n) is 6.26. The number of carbonyl (C=O) groups is 1. The fourth-order valence-corrected chi connectivity index (χ4v) is 4.67. The molecule has 1 aliphatic rings. The molecule has 0 radical (unpaired) electrons. The van der Waals surface area contributed by atoms with Gasteiger partial charge in [0.15, 0.2) is 0 Å². The Morgan fingerprint density at radius 3 is 2.48 bits per heavy atom. The molecule has 0 saturated heterocycles. The summed E-state index contributed by atoms with van der Waals surface area (Å²) < 4.78 is 7.67. The van der Waals surface area contributed by atoms with Crippen LogP contribution >= 0.6 is 0 Å². The zero-order chi connectivity index (χ0) is 21.6. The first-order valence-electron chi connectivity index (χ1n) is 11.5. The molecule has 3 aromatic rings. The van der Waals surface area contributed by atoms with Gasteiger partial charge in [-0.05, 0) is 55.7 Å². The van der Waals surface area contributed by atoms with Crippen LogP contribution in [-0.2, 0) is 13.6 Å². The van der Waals surface area contributed by atoms with Crippen molar-refractivity contribution in [1.29, 1.82) is 0 Å². The Balaban J connectivity index is 1.58. The van der Waals surface area contributed by atoms with Crippen LogP contribution in [0.2, 0.25) is 0 Å². The van der Waals surface area contributed by atoms with Crippen molar-refractivity contribution in [1.82, 2.24) is 9.47 Å². The molecule has 0 aliphatic heterocycles. The van der Waals surface area contributed by atoms with Gasteiger partial charge >= 0.3 is 6.03 Å². The SMILES string of the molecule is CCOc1ccc(NC(=O)N(Cc2cn(C)c3ccccc23)C2CCCCCC2)cc1. The van der Waals surface area contributed by atoms with Crippen molar-refractivity contribution in [2.45, 2.75) is 58.0 Å². The Morgan fingerprint density at radius 1 is 1.06 bits per heavy atom. The zero-order valence-electron chi connectivity index (χ0n) is 18.6. The molecule has 31 heavy (non-hydrogen) atoms. The fourth-order valence-electron chi connectivity index (χ4n) is 4.67. The van der Waals surface area contributed by atoms with Crippen LogP contribution in [0.15, 0.2) is 54.7 Å². The van der Waals surface area contributed by atoms with Crippen LogP contribution in [-0.4, -0.2) is 28.1 Å². The molecule has 5 heteroatoms. The topological polar surface area (TPSA) is 46.5 Å². The van der Waals surface area contributed by atoms with E-state index in [1.807, 2.05) is 31.2 Å². The summed E-state index contributed by atoms with van der Waals surface area (Å²) in [6, 6.07) is 16.3. The third kappa shape index (κ3) is 5.04. The third-order valence-corrected chi connectivity index (χ3v) is 6.26. The molecule has 0 unspecified atom stereocenters. The number of benzene rings is 2. The highest BCUT2D eigenvalue weighted by atomic mass is 16.5. The summed E-state index contributed by atoms with van der Waals surface area (Å²) in [6.07, 6.45) is 9.21. The van der Waals surface area contributed by atoms with Gasteiger partial charge in [-0.2, -0.15) is 0 Å². The van der Waals surface area contributed by atoms with E-state index in [9.17, 15) is 4.79 Å². The van der Waals surface area contributed by atoms with E-state index in [1.165, 1.54) is 42.1 Å². The number of fused-ring (bicyclic) bond motifs is 1. The van der Waals surface area contributed by atoms with Gasteiger partial charge in [0.25, 0.3) is 0 Å². The molecule has 4 rings (SSSR count). The van der Waals surface area contributed by atoms with Crippen molar-refractivity contribution in [2.24, 2.45) is 7.05 Å². The molecule has 2 amide bonds. The molecule has 0 atom stereocenters. The standard InChI is InChI=1S/C26H33N3O2/c1-3-31-23-16-14-21(15-17-23)27-26(30)29(22-10-6-4-5-7-11-22)19-20-18-28(2)25-13-9-8-12-24(20)25/h8-9,12-18,22H,3-7,10-11,19H2,1-2H3,(H,27,30). The lowest BCUT2D eigenvalue weighted by Crippen LogP contribution is -2.42. The molecule has 2 aromatic carbocycles. The molecule has 164 valence electrons. The number of amides is 2. The van der Waals surface area contributed by atoms with Crippen LogP contribution < -0.4 is 10.1 Å². The molecule has 1 fully saturated rings. The lowest BCUT2D eigenvalue weighted by molar-refractivity contribution is 0.176. The number of para-hydroxylation sites is 1. The number of hydrogen-bond acceptors (Lipinski definition) is 2. The van der Waals surface area contributed by atoms with E-state index in [0.29, 0.717) is 13.2 Å². The summed E-state index contributed by atoms with van der Waals surface area (Å²) in [6.45, 7) is 3.22. The number of rotatable bonds is 6. The van der Waals surface area contributed by atoms with Crippen LogP contribution in [0.4, 0.5) is 10.5 Å². The number of anilines is 1. The van der Waals surface area contributed by atoms with E-state index in [4.69, 9.17) is 4.74 Å². The minimum atomic E-state index is -0.0241. The molecular formula is C26H33N3O2. The van der Waals surface area contributed by atoms with Crippen molar-refractivity contribution in [2.75, 3.05) is 11.9 Å². The van der Waals surface area contributed by atoms with Gasteiger partial charge in [0.1, 0.15) is 5.75 Å². The average Bonchev–Trinajstić information content (AvgIpc) is 2.94. The predicted molar refractivity (Wildman–Crippen MR) is 127 cm³/mol. The van der Waals surface area contributed by atoms with Gasteiger partial charge in [-0.1, -0.05) is 43.9 Å². The Labute approximate surface area is 185 Å². The Kier molecular flexibility index (Phi) is 6.80. The zero-order valence-corrected chi connectivity index (χ0v) is 18.6. The molecule has 1 aromatic heterocycles. The Bertz CT molecular complexity index is 1000. The van der Waals surface area contributed by atoms with E-state index in [2.05, 4.69) is 52.3 Å². The summed E-state index contributed by atoms with van der Waals surface area (Å²) in [7, 11) is 2.07. The fraction of sp³-hybridized carbons (Fsp3) is 0.423. The molecule has 0 spiro atoms. The van der Waals surface area contributed by atoms with Crippen LogP contribution in [0, 0.1) is 0 Å². The van der Waals surface area contributed by atoms with Crippen LogP contribution in [0.1, 0.15) is 51.0 Å². The van der Waals surface area contributed by atoms with E-state index < -0.39 is 0 Å². The van der Waals surface area contributed by atoms with Crippen LogP contribution in [0.5, 0.6) is 5.75 Å². The first-order chi connectivity index (χ1) is 15.2. The van der Waals surface area contributed by atoms with E-state index in [1.54, 1.807) is 0 Å². The number of carbonyl (C=O) groups excluding carboxylic acids is 1. The van der Waals surface area contributed by atoms with Crippen molar-refractivity contribution in [3.05, 3.63) is 60.3 Å². The van der Waals surface area contributed by atoms with Gasteiger partial charge in [0.2, 0.25) is 0 Å². The van der Waals surface area contributed by atoms with Gasteiger partial charge in [-0.3, -0.25) is 0 Å². The molecular weight excluding hydrogens is 386 g/mol. The van der Waals surface area contributed by atoms with Gasteiger partial charge in [-0.25, -0.2) is 4.79 Å². The Hall–Kier alpha value is -2.95. The average molecular weight is 420 g/mol. The lowest BCUT2D eigenvalue weighted by Gasteiger charge is -2.31. The van der Waals surface area contributed by atoms with Gasteiger partial charge in [-0.15, -0.1) is 0 Å². The van der Waals surface area contributed by atoms with Crippen molar-refractivity contribution in [3.8, 4) is 5.75 Å². The maximum absolute atomic E-state index is 13.5. The maximum atomic E-state index is 13.5. The highest BCUT2D eigenvalue weighted by Gasteiger charge is 2.26. The smallest absolute Gasteiger partial charge is 0.322 e. The number of nitrogens with zero attached hydrogens (tertiary/aromatic N) is 2. The normalized spacial score (nSPS) is 14.9. The molecule has 0 bridgehead atoms. The minimum absolute atomic E-state index is 0.0241. The van der Waals surface area contributed by atoms with Crippen molar-refractivity contribution < 1.29 is 9.53 Å². The molecule has 1 saturated carbocycles. The Morgan fingerprint density at radius 2 is 1.77 bits per heavy atom. The van der Waals surface area contributed by atoms with Crippen molar-refractivity contribution >= 4 is 22.6 Å². The number of aryl methyl sites for hydroxylation is 1. The molecule has 1 aliphatic carbocycles. The number of urea groups is 1. The monoisotopic (exact) mass is 419 g/mol. The van der Waals surface area contributed by atoms with Gasteiger partial charge in [0, 0.05) is 42.4 Å². The van der Waals surface area contributed by atoms with Crippen LogP contribution in [0.3, 0.4) is 0 Å². The van der Waals surface area contributed by atoms with Crippen molar-refractivity contribution in [3.63, 3.8) is 0 Å². The minimum Gasteiger partial charge on any atom is -0.494 e. The summed E-state index contributed by atoms with van der Waals surface area (Å²) in [5.74, 6) is 0.817.